The quantitative estimate of drug-likeness (QED) is 0.164. The third kappa shape index (κ3) is 5.69. The highest BCUT2D eigenvalue weighted by molar-refractivity contribution is 6.12. The molecule has 0 unspecified atom stereocenters. The zero-order chi connectivity index (χ0) is 40.2. The first-order chi connectivity index (χ1) is 29.0. The highest BCUT2D eigenvalue weighted by Gasteiger charge is 2.23. The third-order valence-corrected chi connectivity index (χ3v) is 11.3. The number of nitrogens with zero attached hydrogens (tertiary/aromatic N) is 6. The Morgan fingerprint density at radius 3 is 1.41 bits per heavy atom. The van der Waals surface area contributed by atoms with Gasteiger partial charge in [-0.25, -0.2) is 4.85 Å². The molecule has 0 N–H and O–H groups in total. The van der Waals surface area contributed by atoms with E-state index in [-0.39, 0.29) is 0 Å². The fraction of sp³-hybridized carbons (Fsp3) is 0.0189. The van der Waals surface area contributed by atoms with Crippen molar-refractivity contribution >= 4 is 49.3 Å². The van der Waals surface area contributed by atoms with Crippen molar-refractivity contribution in [2.45, 2.75) is 6.92 Å². The molecule has 0 atom stereocenters. The Labute approximate surface area is 340 Å². The summed E-state index contributed by atoms with van der Waals surface area (Å²) >= 11 is 0. The number of nitriles is 3. The molecule has 6 heteroatoms. The predicted octanol–water partition coefficient (Wildman–Crippen LogP) is 13.4. The van der Waals surface area contributed by atoms with Crippen molar-refractivity contribution in [2.24, 2.45) is 0 Å². The summed E-state index contributed by atoms with van der Waals surface area (Å²) < 4.78 is 4.39. The molecule has 6 nitrogen and oxygen atoms in total. The van der Waals surface area contributed by atoms with Crippen molar-refractivity contribution in [3.05, 3.63) is 197 Å². The fourth-order valence-electron chi connectivity index (χ4n) is 8.55. The van der Waals surface area contributed by atoms with Gasteiger partial charge in [0.1, 0.15) is 11.6 Å². The minimum absolute atomic E-state index is 0.502. The standard InChI is InChI=1S/C53H30N6/c1-33-23-35(31-55)25-40(24-33)41-28-52(58-48-9-5-3-7-43(48)45-26-38(17-21-50(45)58)36-13-11-34(30-54)12-14-36)47(32-56)53(29-41)59-49-10-6-4-8-44(49)46-27-39(18-22-51(46)59)37-15-19-42(57-2)20-16-37/h3-29H,1H3. The summed E-state index contributed by atoms with van der Waals surface area (Å²) in [4.78, 5) is 3.57. The minimum atomic E-state index is 0.502. The van der Waals surface area contributed by atoms with Crippen LogP contribution in [0, 0.1) is 47.5 Å². The van der Waals surface area contributed by atoms with E-state index in [0.29, 0.717) is 22.4 Å². The third-order valence-electron chi connectivity index (χ3n) is 11.3. The zero-order valence-corrected chi connectivity index (χ0v) is 31.8. The molecule has 0 spiro atoms. The van der Waals surface area contributed by atoms with Crippen LogP contribution < -0.4 is 0 Å². The van der Waals surface area contributed by atoms with Gasteiger partial charge in [-0.2, -0.15) is 15.8 Å². The van der Waals surface area contributed by atoms with Crippen molar-refractivity contribution in [3.63, 3.8) is 0 Å². The van der Waals surface area contributed by atoms with Gasteiger partial charge in [0.15, 0.2) is 5.69 Å². The number of rotatable bonds is 5. The lowest BCUT2D eigenvalue weighted by atomic mass is 9.97. The molecule has 0 aliphatic heterocycles. The van der Waals surface area contributed by atoms with Crippen LogP contribution in [0.1, 0.15) is 22.3 Å². The fourth-order valence-corrected chi connectivity index (χ4v) is 8.55. The average molecular weight is 751 g/mol. The van der Waals surface area contributed by atoms with E-state index < -0.39 is 0 Å². The van der Waals surface area contributed by atoms with E-state index in [2.05, 4.69) is 111 Å². The lowest BCUT2D eigenvalue weighted by molar-refractivity contribution is 1.12. The van der Waals surface area contributed by atoms with Crippen molar-refractivity contribution in [1.82, 2.24) is 9.13 Å². The molecule has 59 heavy (non-hydrogen) atoms. The van der Waals surface area contributed by atoms with Crippen LogP contribution in [0.3, 0.4) is 0 Å². The minimum Gasteiger partial charge on any atom is -0.308 e. The molecule has 0 saturated heterocycles. The molecule has 10 aromatic rings. The molecule has 0 saturated carbocycles. The number of benzene rings is 8. The van der Waals surface area contributed by atoms with E-state index in [1.165, 1.54) is 0 Å². The number of para-hydroxylation sites is 2. The Hall–Kier alpha value is -8.68. The van der Waals surface area contributed by atoms with E-state index in [4.69, 9.17) is 6.57 Å². The molecule has 0 bridgehead atoms. The van der Waals surface area contributed by atoms with E-state index in [1.54, 1.807) is 0 Å². The highest BCUT2D eigenvalue weighted by atomic mass is 15.0. The van der Waals surface area contributed by atoms with Gasteiger partial charge in [-0.1, -0.05) is 91.0 Å². The number of hydrogen-bond acceptors (Lipinski definition) is 3. The second kappa shape index (κ2) is 13.8. The van der Waals surface area contributed by atoms with Crippen LogP contribution in [0.25, 0.3) is 93.2 Å². The lowest BCUT2D eigenvalue weighted by Crippen LogP contribution is -2.05. The van der Waals surface area contributed by atoms with Crippen LogP contribution in [0.15, 0.2) is 164 Å². The van der Waals surface area contributed by atoms with Gasteiger partial charge in [-0.3, -0.25) is 0 Å². The van der Waals surface area contributed by atoms with Gasteiger partial charge in [0.2, 0.25) is 0 Å². The van der Waals surface area contributed by atoms with Crippen molar-refractivity contribution in [3.8, 4) is 63.0 Å². The zero-order valence-electron chi connectivity index (χ0n) is 31.8. The maximum absolute atomic E-state index is 11.4. The second-order valence-corrected chi connectivity index (χ2v) is 14.7. The molecule has 2 aromatic heterocycles. The first kappa shape index (κ1) is 34.8. The number of hydrogen-bond donors (Lipinski definition) is 0. The normalized spacial score (nSPS) is 11.1. The summed E-state index contributed by atoms with van der Waals surface area (Å²) in [6, 6.07) is 61.9. The largest absolute Gasteiger partial charge is 0.308 e. The molecule has 0 amide bonds. The predicted molar refractivity (Wildman–Crippen MR) is 237 cm³/mol. The highest BCUT2D eigenvalue weighted by Crippen LogP contribution is 2.42. The SMILES string of the molecule is [C-]#[N+]c1ccc(-c2ccc3c(c2)c2ccccc2n3-c2cc(-c3cc(C)cc(C#N)c3)cc(-n3c4ccccc4c4cc(-c5ccc(C#N)cc5)ccc43)c2C#N)cc1. The summed E-state index contributed by atoms with van der Waals surface area (Å²) in [5, 5.41) is 35.0. The van der Waals surface area contributed by atoms with Crippen LogP contribution in [0.2, 0.25) is 0 Å². The van der Waals surface area contributed by atoms with Gasteiger partial charge in [-0.05, 0) is 119 Å². The Morgan fingerprint density at radius 2 is 0.898 bits per heavy atom. The van der Waals surface area contributed by atoms with Crippen LogP contribution in [-0.2, 0) is 0 Å². The Kier molecular flexibility index (Phi) is 8.14. The van der Waals surface area contributed by atoms with Crippen LogP contribution in [0.4, 0.5) is 5.69 Å². The molecule has 0 radical (unpaired) electrons. The molecule has 0 aliphatic carbocycles. The number of aryl methyl sites for hydroxylation is 1. The van der Waals surface area contributed by atoms with Gasteiger partial charge in [0.05, 0.1) is 63.3 Å². The van der Waals surface area contributed by atoms with Crippen molar-refractivity contribution < 1.29 is 0 Å². The molecule has 272 valence electrons. The Balaban J connectivity index is 1.28. The van der Waals surface area contributed by atoms with Crippen LogP contribution in [-0.4, -0.2) is 9.13 Å². The van der Waals surface area contributed by atoms with Gasteiger partial charge in [-0.15, -0.1) is 0 Å². The maximum Gasteiger partial charge on any atom is 0.187 e. The summed E-state index contributed by atoms with van der Waals surface area (Å²) in [5.74, 6) is 0. The molecule has 10 rings (SSSR count). The van der Waals surface area contributed by atoms with E-state index in [0.717, 1.165) is 93.9 Å². The Morgan fingerprint density at radius 1 is 0.424 bits per heavy atom. The smallest absolute Gasteiger partial charge is 0.187 e. The summed E-state index contributed by atoms with van der Waals surface area (Å²) in [6.07, 6.45) is 0. The average Bonchev–Trinajstić information content (AvgIpc) is 3.80. The van der Waals surface area contributed by atoms with E-state index in [9.17, 15) is 15.8 Å². The van der Waals surface area contributed by atoms with E-state index >= 15 is 0 Å². The first-order valence-corrected chi connectivity index (χ1v) is 19.1. The maximum atomic E-state index is 11.4. The van der Waals surface area contributed by atoms with Gasteiger partial charge >= 0.3 is 0 Å². The lowest BCUT2D eigenvalue weighted by Gasteiger charge is -2.19. The molecular weight excluding hydrogens is 721 g/mol. The monoisotopic (exact) mass is 750 g/mol. The van der Waals surface area contributed by atoms with Crippen LogP contribution in [0.5, 0.6) is 0 Å². The number of aromatic nitrogens is 2. The summed E-state index contributed by atoms with van der Waals surface area (Å²) in [5.41, 5.74) is 14.3. The van der Waals surface area contributed by atoms with Crippen molar-refractivity contribution in [1.29, 1.82) is 15.8 Å². The second-order valence-electron chi connectivity index (χ2n) is 14.7. The summed E-state index contributed by atoms with van der Waals surface area (Å²) in [7, 11) is 0. The van der Waals surface area contributed by atoms with Gasteiger partial charge in [0.25, 0.3) is 0 Å². The Bertz CT molecular complexity index is 3340. The van der Waals surface area contributed by atoms with Gasteiger partial charge in [0, 0.05) is 21.5 Å². The first-order valence-electron chi connectivity index (χ1n) is 19.1. The molecule has 0 aliphatic rings. The molecule has 0 fully saturated rings. The molecule has 2 heterocycles. The molecule has 8 aromatic carbocycles. The number of fused-ring (bicyclic) bond motifs is 6. The van der Waals surface area contributed by atoms with Gasteiger partial charge < -0.3 is 9.13 Å². The topological polar surface area (TPSA) is 85.6 Å². The molecular formula is C53H30N6. The van der Waals surface area contributed by atoms with Crippen molar-refractivity contribution in [2.75, 3.05) is 0 Å². The van der Waals surface area contributed by atoms with E-state index in [1.807, 2.05) is 91.9 Å². The van der Waals surface area contributed by atoms with Crippen LogP contribution >= 0.6 is 0 Å². The summed E-state index contributed by atoms with van der Waals surface area (Å²) in [6.45, 7) is 9.40.